The maximum Gasteiger partial charge on any atom is 0.255 e. The molecule has 1 N–H and O–H groups in total. The number of imidazole rings is 1. The van der Waals surface area contributed by atoms with E-state index in [4.69, 9.17) is 0 Å². The molecule has 92 valence electrons. The molecule has 2 rings (SSSR count). The molecular weight excluding hydrogens is 228 g/mol. The average Bonchev–Trinajstić information content (AvgIpc) is 2.74. The van der Waals surface area contributed by atoms with Crippen LogP contribution >= 0.6 is 0 Å². The van der Waals surface area contributed by atoms with Gasteiger partial charge in [-0.25, -0.2) is 18.7 Å². The molecule has 0 spiro atoms. The third kappa shape index (κ3) is 2.27. The maximum atomic E-state index is 12.4. The summed E-state index contributed by atoms with van der Waals surface area (Å²) in [5, 5.41) is 2.88. The highest BCUT2D eigenvalue weighted by atomic mass is 19.3. The van der Waals surface area contributed by atoms with Crippen LogP contribution in [0, 0.1) is 0 Å². The van der Waals surface area contributed by atoms with Gasteiger partial charge < -0.3 is 14.6 Å². The third-order valence-electron chi connectivity index (χ3n) is 2.39. The summed E-state index contributed by atoms with van der Waals surface area (Å²) in [5.41, 5.74) is 0.562. The molecule has 0 unspecified atom stereocenters. The van der Waals surface area contributed by atoms with Gasteiger partial charge in [0.1, 0.15) is 5.82 Å². The Hall–Kier alpha value is -1.92. The van der Waals surface area contributed by atoms with E-state index in [1.54, 1.807) is 37.1 Å². The Balaban J connectivity index is 2.46. The molecule has 0 fully saturated rings. The fraction of sp³-hybridized carbons (Fsp3) is 0.400. The highest BCUT2D eigenvalue weighted by molar-refractivity contribution is 5.66. The second-order valence-corrected chi connectivity index (χ2v) is 3.63. The van der Waals surface area contributed by atoms with Gasteiger partial charge >= 0.3 is 0 Å². The smallest absolute Gasteiger partial charge is 0.255 e. The van der Waals surface area contributed by atoms with Crippen LogP contribution in [0.25, 0.3) is 5.65 Å². The van der Waals surface area contributed by atoms with Crippen LogP contribution in [0.1, 0.15) is 0 Å². The zero-order valence-corrected chi connectivity index (χ0v) is 9.56. The molecule has 0 radical (unpaired) electrons. The Labute approximate surface area is 97.1 Å². The van der Waals surface area contributed by atoms with E-state index < -0.39 is 6.43 Å². The van der Waals surface area contributed by atoms with Crippen LogP contribution in [0.2, 0.25) is 0 Å². The Bertz CT molecular complexity index is 510. The van der Waals surface area contributed by atoms with Crippen molar-refractivity contribution in [2.75, 3.05) is 30.9 Å². The SMILES string of the molecule is CNc1cn2ccnc2c(N(C)CC(F)F)n1. The van der Waals surface area contributed by atoms with E-state index in [0.717, 1.165) is 0 Å². The summed E-state index contributed by atoms with van der Waals surface area (Å²) < 4.78 is 26.5. The first-order valence-corrected chi connectivity index (χ1v) is 5.12. The molecule has 0 aromatic carbocycles. The minimum absolute atomic E-state index is 0.372. The fourth-order valence-electron chi connectivity index (χ4n) is 1.59. The van der Waals surface area contributed by atoms with Crippen LogP contribution < -0.4 is 10.2 Å². The summed E-state index contributed by atoms with van der Waals surface area (Å²) in [6.07, 6.45) is 2.70. The lowest BCUT2D eigenvalue weighted by molar-refractivity contribution is 0.156. The molecule has 0 saturated heterocycles. The van der Waals surface area contributed by atoms with Gasteiger partial charge in [0.25, 0.3) is 6.43 Å². The number of nitrogens with zero attached hydrogens (tertiary/aromatic N) is 4. The molecule has 0 bridgehead atoms. The molecule has 0 aliphatic rings. The van der Waals surface area contributed by atoms with Gasteiger partial charge in [-0.1, -0.05) is 0 Å². The Morgan fingerprint density at radius 2 is 2.29 bits per heavy atom. The van der Waals surface area contributed by atoms with E-state index in [1.165, 1.54) is 4.90 Å². The van der Waals surface area contributed by atoms with E-state index in [9.17, 15) is 8.78 Å². The predicted molar refractivity (Wildman–Crippen MR) is 61.8 cm³/mol. The van der Waals surface area contributed by atoms with Crippen molar-refractivity contribution in [3.05, 3.63) is 18.6 Å². The molecule has 5 nitrogen and oxygen atoms in total. The summed E-state index contributed by atoms with van der Waals surface area (Å²) in [6.45, 7) is -0.372. The zero-order chi connectivity index (χ0) is 12.4. The number of fused-ring (bicyclic) bond motifs is 1. The van der Waals surface area contributed by atoms with Gasteiger partial charge in [0.15, 0.2) is 11.5 Å². The number of aromatic nitrogens is 3. The second-order valence-electron chi connectivity index (χ2n) is 3.63. The molecule has 2 aromatic heterocycles. The second kappa shape index (κ2) is 4.52. The molecule has 2 heterocycles. The number of anilines is 2. The normalized spacial score (nSPS) is 11.1. The molecule has 0 atom stereocenters. The topological polar surface area (TPSA) is 45.5 Å². The van der Waals surface area contributed by atoms with Gasteiger partial charge in [0.2, 0.25) is 0 Å². The number of rotatable bonds is 4. The first kappa shape index (κ1) is 11.6. The predicted octanol–water partition coefficient (Wildman–Crippen LogP) is 1.47. The Kier molecular flexibility index (Phi) is 3.08. The molecule has 0 saturated carbocycles. The summed E-state index contributed by atoms with van der Waals surface area (Å²) >= 11 is 0. The number of hydrogen-bond acceptors (Lipinski definition) is 4. The van der Waals surface area contributed by atoms with Crippen LogP contribution in [-0.2, 0) is 0 Å². The number of nitrogens with one attached hydrogen (secondary N) is 1. The van der Waals surface area contributed by atoms with Gasteiger partial charge in [0.05, 0.1) is 12.7 Å². The van der Waals surface area contributed by atoms with Gasteiger partial charge in [0, 0.05) is 26.5 Å². The maximum absolute atomic E-state index is 12.4. The van der Waals surface area contributed by atoms with Crippen LogP contribution in [0.3, 0.4) is 0 Å². The molecule has 7 heteroatoms. The van der Waals surface area contributed by atoms with Crippen molar-refractivity contribution in [2.24, 2.45) is 0 Å². The van der Waals surface area contributed by atoms with Crippen LogP contribution in [0.15, 0.2) is 18.6 Å². The average molecular weight is 241 g/mol. The van der Waals surface area contributed by atoms with E-state index in [-0.39, 0.29) is 6.54 Å². The number of halogens is 2. The molecule has 2 aromatic rings. The monoisotopic (exact) mass is 241 g/mol. The molecule has 0 aliphatic heterocycles. The van der Waals surface area contributed by atoms with Gasteiger partial charge in [-0.3, -0.25) is 0 Å². The minimum Gasteiger partial charge on any atom is -0.372 e. The lowest BCUT2D eigenvalue weighted by Gasteiger charge is -2.18. The zero-order valence-electron chi connectivity index (χ0n) is 9.56. The third-order valence-corrected chi connectivity index (χ3v) is 2.39. The van der Waals surface area contributed by atoms with Gasteiger partial charge in [-0.05, 0) is 0 Å². The lowest BCUT2D eigenvalue weighted by Crippen LogP contribution is -2.25. The van der Waals surface area contributed by atoms with Crippen LogP contribution in [0.4, 0.5) is 20.4 Å². The van der Waals surface area contributed by atoms with Crippen molar-refractivity contribution in [1.82, 2.24) is 14.4 Å². The lowest BCUT2D eigenvalue weighted by atomic mass is 10.5. The van der Waals surface area contributed by atoms with Crippen molar-refractivity contribution in [3.63, 3.8) is 0 Å². The summed E-state index contributed by atoms with van der Waals surface area (Å²) in [7, 11) is 3.30. The highest BCUT2D eigenvalue weighted by Crippen LogP contribution is 2.19. The molecular formula is C10H13F2N5. The molecule has 0 amide bonds. The summed E-state index contributed by atoms with van der Waals surface area (Å²) in [6, 6.07) is 0. The van der Waals surface area contributed by atoms with Crippen molar-refractivity contribution in [1.29, 1.82) is 0 Å². The summed E-state index contributed by atoms with van der Waals surface area (Å²) in [5.74, 6) is 1.04. The standard InChI is InChI=1S/C10H13F2N5/c1-13-8-6-17-4-3-14-9(17)10(15-8)16(2)5-7(11)12/h3-4,6-7,13H,5H2,1-2H3. The quantitative estimate of drug-likeness (QED) is 0.880. The first-order chi connectivity index (χ1) is 8.11. The van der Waals surface area contributed by atoms with Crippen molar-refractivity contribution in [3.8, 4) is 0 Å². The van der Waals surface area contributed by atoms with E-state index in [2.05, 4.69) is 15.3 Å². The van der Waals surface area contributed by atoms with Crippen molar-refractivity contribution < 1.29 is 8.78 Å². The van der Waals surface area contributed by atoms with Gasteiger partial charge in [-0.15, -0.1) is 0 Å². The van der Waals surface area contributed by atoms with Crippen LogP contribution in [0.5, 0.6) is 0 Å². The van der Waals surface area contributed by atoms with E-state index in [0.29, 0.717) is 17.3 Å². The van der Waals surface area contributed by atoms with Gasteiger partial charge in [-0.2, -0.15) is 0 Å². The van der Waals surface area contributed by atoms with E-state index in [1.807, 2.05) is 0 Å². The largest absolute Gasteiger partial charge is 0.372 e. The number of hydrogen-bond donors (Lipinski definition) is 1. The summed E-state index contributed by atoms with van der Waals surface area (Å²) in [4.78, 5) is 9.75. The Morgan fingerprint density at radius 1 is 1.53 bits per heavy atom. The fourth-order valence-corrected chi connectivity index (χ4v) is 1.59. The van der Waals surface area contributed by atoms with Crippen LogP contribution in [-0.4, -0.2) is 41.4 Å². The molecule has 17 heavy (non-hydrogen) atoms. The van der Waals surface area contributed by atoms with E-state index >= 15 is 0 Å². The minimum atomic E-state index is -2.41. The van der Waals surface area contributed by atoms with Crippen molar-refractivity contribution >= 4 is 17.3 Å². The Morgan fingerprint density at radius 3 is 2.94 bits per heavy atom. The first-order valence-electron chi connectivity index (χ1n) is 5.12. The molecule has 0 aliphatic carbocycles. The number of alkyl halides is 2. The van der Waals surface area contributed by atoms with Crippen molar-refractivity contribution in [2.45, 2.75) is 6.43 Å². The highest BCUT2D eigenvalue weighted by Gasteiger charge is 2.15.